The molecule has 1 aromatic heterocycles. The van der Waals surface area contributed by atoms with Crippen molar-refractivity contribution >= 4 is 17.8 Å². The first-order valence-electron chi connectivity index (χ1n) is 12.6. The quantitative estimate of drug-likeness (QED) is 0.456. The molecule has 0 radical (unpaired) electrons. The SMILES string of the molecule is COC(=O)c1c(C(=O)N2CCN(C(=O)c3ccccc3OC)C(C)C2)nc(-c2ccccc2)nc1C(C)C. The van der Waals surface area contributed by atoms with Crippen LogP contribution in [0.4, 0.5) is 0 Å². The summed E-state index contributed by atoms with van der Waals surface area (Å²) in [5, 5.41) is 0. The Morgan fingerprint density at radius 3 is 2.24 bits per heavy atom. The van der Waals surface area contributed by atoms with Crippen LogP contribution in [0.5, 0.6) is 5.75 Å². The second kappa shape index (κ2) is 11.4. The van der Waals surface area contributed by atoms with E-state index in [9.17, 15) is 14.4 Å². The summed E-state index contributed by atoms with van der Waals surface area (Å²) < 4.78 is 10.4. The van der Waals surface area contributed by atoms with Gasteiger partial charge in [-0.2, -0.15) is 0 Å². The number of para-hydroxylation sites is 1. The van der Waals surface area contributed by atoms with E-state index in [2.05, 4.69) is 9.97 Å². The maximum absolute atomic E-state index is 13.9. The number of esters is 1. The van der Waals surface area contributed by atoms with Crippen LogP contribution < -0.4 is 4.74 Å². The zero-order valence-electron chi connectivity index (χ0n) is 22.3. The van der Waals surface area contributed by atoms with E-state index in [-0.39, 0.29) is 42.2 Å². The summed E-state index contributed by atoms with van der Waals surface area (Å²) in [4.78, 5) is 52.7. The van der Waals surface area contributed by atoms with Gasteiger partial charge >= 0.3 is 5.97 Å². The van der Waals surface area contributed by atoms with Crippen molar-refractivity contribution in [2.45, 2.75) is 32.7 Å². The second-order valence-corrected chi connectivity index (χ2v) is 9.47. The summed E-state index contributed by atoms with van der Waals surface area (Å²) in [6.45, 7) is 6.59. The third kappa shape index (κ3) is 5.22. The lowest BCUT2D eigenvalue weighted by Crippen LogP contribution is -2.55. The molecule has 2 heterocycles. The first kappa shape index (κ1) is 26.8. The molecule has 2 aromatic carbocycles. The van der Waals surface area contributed by atoms with Gasteiger partial charge in [-0.1, -0.05) is 56.3 Å². The monoisotopic (exact) mass is 516 g/mol. The fraction of sp³-hybridized carbons (Fsp3) is 0.345. The van der Waals surface area contributed by atoms with Gasteiger partial charge in [0, 0.05) is 31.2 Å². The molecule has 9 heteroatoms. The second-order valence-electron chi connectivity index (χ2n) is 9.47. The van der Waals surface area contributed by atoms with Crippen molar-refractivity contribution in [2.24, 2.45) is 0 Å². The first-order valence-corrected chi connectivity index (χ1v) is 12.6. The Hall–Kier alpha value is -4.27. The van der Waals surface area contributed by atoms with E-state index in [1.165, 1.54) is 14.2 Å². The molecule has 1 aliphatic heterocycles. The van der Waals surface area contributed by atoms with Crippen LogP contribution in [-0.2, 0) is 4.74 Å². The van der Waals surface area contributed by atoms with Gasteiger partial charge in [-0.15, -0.1) is 0 Å². The standard InChI is InChI=1S/C29H32N4O5/c1-18(2)24-23(29(36)38-5)25(31-26(30-24)20-11-7-6-8-12-20)28(35)32-15-16-33(19(3)17-32)27(34)21-13-9-10-14-22(21)37-4/h6-14,18-19H,15-17H2,1-5H3. The Morgan fingerprint density at radius 1 is 0.921 bits per heavy atom. The van der Waals surface area contributed by atoms with Gasteiger partial charge in [-0.3, -0.25) is 9.59 Å². The van der Waals surface area contributed by atoms with Crippen LogP contribution in [-0.4, -0.2) is 77.4 Å². The minimum Gasteiger partial charge on any atom is -0.496 e. The maximum Gasteiger partial charge on any atom is 0.342 e. The topological polar surface area (TPSA) is 102 Å². The summed E-state index contributed by atoms with van der Waals surface area (Å²) in [5.74, 6) is -0.508. The van der Waals surface area contributed by atoms with Crippen LogP contribution in [0.25, 0.3) is 11.4 Å². The Balaban J connectivity index is 1.67. The molecule has 9 nitrogen and oxygen atoms in total. The van der Waals surface area contributed by atoms with Crippen molar-refractivity contribution in [3.63, 3.8) is 0 Å². The highest BCUT2D eigenvalue weighted by atomic mass is 16.5. The van der Waals surface area contributed by atoms with Crippen LogP contribution in [0.1, 0.15) is 63.6 Å². The molecule has 0 N–H and O–H groups in total. The Labute approximate surface area is 222 Å². The van der Waals surface area contributed by atoms with Gasteiger partial charge in [0.15, 0.2) is 5.82 Å². The summed E-state index contributed by atoms with van der Waals surface area (Å²) in [7, 11) is 2.80. The highest BCUT2D eigenvalue weighted by Crippen LogP contribution is 2.27. The number of hydrogen-bond donors (Lipinski definition) is 0. The fourth-order valence-corrected chi connectivity index (χ4v) is 4.64. The van der Waals surface area contributed by atoms with E-state index >= 15 is 0 Å². The van der Waals surface area contributed by atoms with Crippen molar-refractivity contribution in [2.75, 3.05) is 33.9 Å². The van der Waals surface area contributed by atoms with Crippen molar-refractivity contribution < 1.29 is 23.9 Å². The molecule has 0 aliphatic carbocycles. The Morgan fingerprint density at radius 2 is 1.61 bits per heavy atom. The normalized spacial score (nSPS) is 15.4. The van der Waals surface area contributed by atoms with Gasteiger partial charge in [-0.25, -0.2) is 14.8 Å². The smallest absolute Gasteiger partial charge is 0.342 e. The predicted molar refractivity (Wildman–Crippen MR) is 142 cm³/mol. The molecule has 3 aromatic rings. The highest BCUT2D eigenvalue weighted by molar-refractivity contribution is 6.05. The minimum absolute atomic E-state index is 0.00566. The molecule has 1 unspecified atom stereocenters. The minimum atomic E-state index is -0.658. The lowest BCUT2D eigenvalue weighted by molar-refractivity contribution is 0.0406. The van der Waals surface area contributed by atoms with Crippen LogP contribution >= 0.6 is 0 Å². The number of rotatable bonds is 6. The van der Waals surface area contributed by atoms with Crippen LogP contribution in [0.2, 0.25) is 0 Å². The van der Waals surface area contributed by atoms with Crippen molar-refractivity contribution in [1.29, 1.82) is 0 Å². The van der Waals surface area contributed by atoms with Crippen LogP contribution in [0, 0.1) is 0 Å². The third-order valence-electron chi connectivity index (χ3n) is 6.62. The van der Waals surface area contributed by atoms with Crippen molar-refractivity contribution in [1.82, 2.24) is 19.8 Å². The molecule has 1 saturated heterocycles. The maximum atomic E-state index is 13.9. The number of carbonyl (C=O) groups is 3. The summed E-state index contributed by atoms with van der Waals surface area (Å²) in [6.07, 6.45) is 0. The van der Waals surface area contributed by atoms with Gasteiger partial charge in [0.1, 0.15) is 17.0 Å². The van der Waals surface area contributed by atoms with Crippen molar-refractivity contribution in [3.05, 3.63) is 77.1 Å². The average Bonchev–Trinajstić information content (AvgIpc) is 2.95. The molecule has 1 aliphatic rings. The summed E-state index contributed by atoms with van der Waals surface area (Å²) >= 11 is 0. The molecular weight excluding hydrogens is 484 g/mol. The number of ether oxygens (including phenoxy) is 2. The lowest BCUT2D eigenvalue weighted by atomic mass is 10.00. The highest BCUT2D eigenvalue weighted by Gasteiger charge is 2.35. The fourth-order valence-electron chi connectivity index (χ4n) is 4.64. The number of amides is 2. The van der Waals surface area contributed by atoms with Gasteiger partial charge in [0.05, 0.1) is 25.5 Å². The largest absolute Gasteiger partial charge is 0.496 e. The number of methoxy groups -OCH3 is 2. The molecule has 1 atom stereocenters. The Kier molecular flexibility index (Phi) is 8.05. The molecule has 0 saturated carbocycles. The molecule has 0 spiro atoms. The predicted octanol–water partition coefficient (Wildman–Crippen LogP) is 4.05. The number of aromatic nitrogens is 2. The number of carbonyl (C=O) groups excluding carboxylic acids is 3. The van der Waals surface area contributed by atoms with Gasteiger partial charge < -0.3 is 19.3 Å². The van der Waals surface area contributed by atoms with E-state index in [0.717, 1.165) is 5.56 Å². The van der Waals surface area contributed by atoms with E-state index in [1.807, 2.05) is 57.2 Å². The average molecular weight is 517 g/mol. The Bertz CT molecular complexity index is 1340. The number of benzene rings is 2. The van der Waals surface area contributed by atoms with Crippen LogP contribution in [0.3, 0.4) is 0 Å². The van der Waals surface area contributed by atoms with Gasteiger partial charge in [0.25, 0.3) is 11.8 Å². The third-order valence-corrected chi connectivity index (χ3v) is 6.62. The molecule has 198 valence electrons. The summed E-state index contributed by atoms with van der Waals surface area (Å²) in [5.41, 5.74) is 1.74. The molecule has 4 rings (SSSR count). The van der Waals surface area contributed by atoms with Gasteiger partial charge in [-0.05, 0) is 25.0 Å². The molecule has 1 fully saturated rings. The molecule has 2 amide bonds. The van der Waals surface area contributed by atoms with Gasteiger partial charge in [0.2, 0.25) is 0 Å². The lowest BCUT2D eigenvalue weighted by Gasteiger charge is -2.40. The molecule has 38 heavy (non-hydrogen) atoms. The number of hydrogen-bond acceptors (Lipinski definition) is 7. The molecular formula is C29H32N4O5. The zero-order valence-corrected chi connectivity index (χ0v) is 22.3. The number of piperazine rings is 1. The number of nitrogens with zero attached hydrogens (tertiary/aromatic N) is 4. The summed E-state index contributed by atoms with van der Waals surface area (Å²) in [6, 6.07) is 16.1. The zero-order chi connectivity index (χ0) is 27.4. The van der Waals surface area contributed by atoms with E-state index in [4.69, 9.17) is 9.47 Å². The van der Waals surface area contributed by atoms with E-state index in [0.29, 0.717) is 29.4 Å². The first-order chi connectivity index (χ1) is 18.3. The van der Waals surface area contributed by atoms with Crippen LogP contribution in [0.15, 0.2) is 54.6 Å². The molecule has 0 bridgehead atoms. The van der Waals surface area contributed by atoms with E-state index < -0.39 is 11.9 Å². The van der Waals surface area contributed by atoms with Crippen molar-refractivity contribution in [3.8, 4) is 17.1 Å². The van der Waals surface area contributed by atoms with E-state index in [1.54, 1.807) is 28.0 Å².